The fourth-order valence-corrected chi connectivity index (χ4v) is 1.95. The maximum absolute atomic E-state index is 11.0. The van der Waals surface area contributed by atoms with E-state index in [9.17, 15) is 8.42 Å². The van der Waals surface area contributed by atoms with Crippen LogP contribution in [0.4, 0.5) is 0 Å². The van der Waals surface area contributed by atoms with Gasteiger partial charge in [-0.25, -0.2) is 0 Å². The van der Waals surface area contributed by atoms with Crippen molar-refractivity contribution >= 4 is 21.7 Å². The van der Waals surface area contributed by atoms with E-state index >= 15 is 0 Å². The molecule has 0 unspecified atom stereocenters. The molecule has 1 aromatic rings. The number of hydrogen-bond acceptors (Lipinski definition) is 5. The molecular weight excluding hydrogens is 256 g/mol. The summed E-state index contributed by atoms with van der Waals surface area (Å²) in [7, 11) is -3.68. The van der Waals surface area contributed by atoms with Gasteiger partial charge in [0.15, 0.2) is 0 Å². The molecule has 0 aliphatic heterocycles. The highest BCUT2D eigenvalue weighted by Gasteiger charge is 2.15. The highest BCUT2D eigenvalue weighted by atomic mass is 35.5. The Bertz CT molecular complexity index is 483. The first-order chi connectivity index (χ1) is 7.39. The van der Waals surface area contributed by atoms with E-state index in [0.29, 0.717) is 0 Å². The molecule has 0 amide bonds. The van der Waals surface area contributed by atoms with Crippen molar-refractivity contribution in [3.8, 4) is 5.75 Å². The molecule has 0 heterocycles. The van der Waals surface area contributed by atoms with Gasteiger partial charge in [0.1, 0.15) is 5.75 Å². The van der Waals surface area contributed by atoms with Crippen LogP contribution < -0.4 is 4.18 Å². The summed E-state index contributed by atoms with van der Waals surface area (Å²) in [5.41, 5.74) is 0.422. The summed E-state index contributed by atoms with van der Waals surface area (Å²) in [6.07, 6.45) is 0.890. The van der Waals surface area contributed by atoms with Crippen LogP contribution in [0.3, 0.4) is 0 Å². The molecule has 90 valence electrons. The lowest BCUT2D eigenvalue weighted by molar-refractivity contribution is 0.257. The topological polar surface area (TPSA) is 83.8 Å². The number of halogens is 1. The van der Waals surface area contributed by atoms with Crippen molar-refractivity contribution in [3.05, 3.63) is 28.3 Å². The summed E-state index contributed by atoms with van der Waals surface area (Å²) in [5, 5.41) is 18.4. The zero-order valence-electron chi connectivity index (χ0n) is 8.47. The summed E-state index contributed by atoms with van der Waals surface area (Å²) < 4.78 is 26.6. The Balaban J connectivity index is 3.30. The summed E-state index contributed by atoms with van der Waals surface area (Å²) in [5.74, 6) is -0.0292. The number of aliphatic hydroxyl groups is 2. The molecule has 1 rings (SSSR count). The number of rotatable bonds is 4. The number of benzene rings is 1. The Kier molecular flexibility index (Phi) is 4.15. The van der Waals surface area contributed by atoms with Gasteiger partial charge in [0.25, 0.3) is 0 Å². The Hall–Kier alpha value is -0.820. The molecular formula is C9H11ClO5S. The Morgan fingerprint density at radius 3 is 2.25 bits per heavy atom. The fraction of sp³-hybridized carbons (Fsp3) is 0.333. The molecule has 5 nitrogen and oxygen atoms in total. The lowest BCUT2D eigenvalue weighted by Crippen LogP contribution is -2.09. The highest BCUT2D eigenvalue weighted by molar-refractivity contribution is 7.86. The van der Waals surface area contributed by atoms with E-state index in [-0.39, 0.29) is 21.9 Å². The van der Waals surface area contributed by atoms with E-state index < -0.39 is 23.3 Å². The van der Waals surface area contributed by atoms with Crippen LogP contribution in [0, 0.1) is 0 Å². The molecule has 0 fully saturated rings. The quantitative estimate of drug-likeness (QED) is 0.783. The van der Waals surface area contributed by atoms with Gasteiger partial charge in [0.2, 0.25) is 0 Å². The Morgan fingerprint density at radius 1 is 1.25 bits per heavy atom. The molecule has 7 heteroatoms. The molecule has 1 aromatic carbocycles. The smallest absolute Gasteiger partial charge is 0.306 e. The van der Waals surface area contributed by atoms with Crippen LogP contribution in [0.15, 0.2) is 12.1 Å². The summed E-state index contributed by atoms with van der Waals surface area (Å²) >= 11 is 5.78. The predicted octanol–water partition coefficient (Wildman–Crippen LogP) is 0.663. The minimum absolute atomic E-state index is 0.0292. The van der Waals surface area contributed by atoms with E-state index in [4.69, 9.17) is 21.8 Å². The molecule has 0 aliphatic carbocycles. The van der Waals surface area contributed by atoms with Gasteiger partial charge >= 0.3 is 10.1 Å². The van der Waals surface area contributed by atoms with Crippen molar-refractivity contribution in [2.75, 3.05) is 6.26 Å². The molecule has 0 aromatic heterocycles. The first-order valence-electron chi connectivity index (χ1n) is 4.30. The van der Waals surface area contributed by atoms with Crippen LogP contribution in [-0.4, -0.2) is 24.9 Å². The average molecular weight is 267 g/mol. The van der Waals surface area contributed by atoms with Gasteiger partial charge in [-0.2, -0.15) is 8.42 Å². The minimum Gasteiger partial charge on any atom is -0.392 e. The van der Waals surface area contributed by atoms with Gasteiger partial charge in [-0.15, -0.1) is 0 Å². The van der Waals surface area contributed by atoms with Crippen molar-refractivity contribution < 1.29 is 22.8 Å². The van der Waals surface area contributed by atoms with Gasteiger partial charge in [-0.05, 0) is 12.1 Å². The van der Waals surface area contributed by atoms with Crippen LogP contribution in [-0.2, 0) is 23.3 Å². The monoisotopic (exact) mass is 266 g/mol. The second kappa shape index (κ2) is 5.01. The third kappa shape index (κ3) is 3.08. The second-order valence-electron chi connectivity index (χ2n) is 3.11. The standard InChI is InChI=1S/C9H11ClO5S/c1-16(13,14)15-9-3-2-8(10)6(4-11)7(9)5-12/h2-3,11-12H,4-5H2,1H3. The van der Waals surface area contributed by atoms with Crippen molar-refractivity contribution in [2.24, 2.45) is 0 Å². The van der Waals surface area contributed by atoms with Crippen molar-refractivity contribution in [3.63, 3.8) is 0 Å². The third-order valence-corrected chi connectivity index (χ3v) is 2.72. The van der Waals surface area contributed by atoms with Gasteiger partial charge in [-0.1, -0.05) is 11.6 Å². The number of hydrogen-bond donors (Lipinski definition) is 2. The van der Waals surface area contributed by atoms with Crippen LogP contribution in [0.5, 0.6) is 5.75 Å². The van der Waals surface area contributed by atoms with Crippen LogP contribution >= 0.6 is 11.6 Å². The fourth-order valence-electron chi connectivity index (χ4n) is 1.23. The summed E-state index contributed by atoms with van der Waals surface area (Å²) in [6, 6.07) is 2.72. The van der Waals surface area contributed by atoms with E-state index in [1.165, 1.54) is 12.1 Å². The van der Waals surface area contributed by atoms with Crippen molar-refractivity contribution in [1.29, 1.82) is 0 Å². The number of aliphatic hydroxyl groups excluding tert-OH is 2. The lowest BCUT2D eigenvalue weighted by Gasteiger charge is -2.12. The molecule has 2 N–H and O–H groups in total. The molecule has 0 aliphatic rings. The molecule has 0 saturated carbocycles. The second-order valence-corrected chi connectivity index (χ2v) is 5.09. The van der Waals surface area contributed by atoms with E-state index in [2.05, 4.69) is 4.18 Å². The minimum atomic E-state index is -3.68. The van der Waals surface area contributed by atoms with E-state index in [1.807, 2.05) is 0 Å². The SMILES string of the molecule is CS(=O)(=O)Oc1ccc(Cl)c(CO)c1CO. The van der Waals surface area contributed by atoms with E-state index in [0.717, 1.165) is 6.26 Å². The largest absolute Gasteiger partial charge is 0.392 e. The maximum atomic E-state index is 11.0. The predicted molar refractivity (Wildman–Crippen MR) is 58.8 cm³/mol. The van der Waals surface area contributed by atoms with Gasteiger partial charge in [-0.3, -0.25) is 0 Å². The van der Waals surface area contributed by atoms with Crippen LogP contribution in [0.25, 0.3) is 0 Å². The summed E-state index contributed by atoms with van der Waals surface area (Å²) in [4.78, 5) is 0. The molecule has 0 atom stereocenters. The first kappa shape index (κ1) is 13.2. The summed E-state index contributed by atoms with van der Waals surface area (Å²) in [6.45, 7) is -0.878. The van der Waals surface area contributed by atoms with Crippen molar-refractivity contribution in [1.82, 2.24) is 0 Å². The zero-order chi connectivity index (χ0) is 12.3. The zero-order valence-corrected chi connectivity index (χ0v) is 10.0. The molecule has 0 saturated heterocycles. The van der Waals surface area contributed by atoms with E-state index in [1.54, 1.807) is 0 Å². The average Bonchev–Trinajstić information content (AvgIpc) is 2.18. The Labute approximate surface area is 98.4 Å². The maximum Gasteiger partial charge on any atom is 0.306 e. The van der Waals surface area contributed by atoms with Crippen LogP contribution in [0.1, 0.15) is 11.1 Å². The lowest BCUT2D eigenvalue weighted by atomic mass is 10.1. The Morgan fingerprint density at radius 2 is 1.81 bits per heavy atom. The van der Waals surface area contributed by atoms with Crippen molar-refractivity contribution in [2.45, 2.75) is 13.2 Å². The first-order valence-corrected chi connectivity index (χ1v) is 6.50. The molecule has 0 bridgehead atoms. The molecule has 16 heavy (non-hydrogen) atoms. The molecule has 0 spiro atoms. The van der Waals surface area contributed by atoms with Crippen LogP contribution in [0.2, 0.25) is 5.02 Å². The normalized spacial score (nSPS) is 11.5. The third-order valence-electron chi connectivity index (χ3n) is 1.89. The van der Waals surface area contributed by atoms with Gasteiger partial charge in [0, 0.05) is 16.1 Å². The van der Waals surface area contributed by atoms with Gasteiger partial charge in [0.05, 0.1) is 19.5 Å². The molecule has 0 radical (unpaired) electrons. The highest BCUT2D eigenvalue weighted by Crippen LogP contribution is 2.29. The van der Waals surface area contributed by atoms with Gasteiger partial charge < -0.3 is 14.4 Å².